The van der Waals surface area contributed by atoms with Gasteiger partial charge >= 0.3 is 0 Å². The molecule has 0 aromatic heterocycles. The molecule has 0 atom stereocenters. The number of rotatable bonds is 4. The lowest BCUT2D eigenvalue weighted by Gasteiger charge is -2.20. The van der Waals surface area contributed by atoms with E-state index in [0.29, 0.717) is 5.75 Å². The van der Waals surface area contributed by atoms with Crippen LogP contribution in [0.4, 0.5) is 0 Å². The van der Waals surface area contributed by atoms with E-state index in [1.807, 2.05) is 19.2 Å². The fourth-order valence-electron chi connectivity index (χ4n) is 1.08. The summed E-state index contributed by atoms with van der Waals surface area (Å²) in [5.41, 5.74) is 17.0. The summed E-state index contributed by atoms with van der Waals surface area (Å²) in [5, 5.41) is 3.04. The van der Waals surface area contributed by atoms with Gasteiger partial charge < -0.3 is 10.1 Å². The predicted octanol–water partition coefficient (Wildman–Crippen LogP) is -0.728. The van der Waals surface area contributed by atoms with Gasteiger partial charge in [0.2, 0.25) is 0 Å². The van der Waals surface area contributed by atoms with Crippen molar-refractivity contribution in [2.24, 2.45) is 17.2 Å². The fraction of sp³-hybridized carbons (Fsp3) is 0.333. The molecule has 0 bridgehead atoms. The summed E-state index contributed by atoms with van der Waals surface area (Å²) < 4.78 is 5.05. The Kier molecular flexibility index (Phi) is 3.43. The summed E-state index contributed by atoms with van der Waals surface area (Å²) >= 11 is 0. The van der Waals surface area contributed by atoms with Crippen LogP contribution in [0.15, 0.2) is 24.3 Å². The van der Waals surface area contributed by atoms with Crippen molar-refractivity contribution in [2.75, 3.05) is 7.05 Å². The molecule has 14 heavy (non-hydrogen) atoms. The Morgan fingerprint density at radius 2 is 1.79 bits per heavy atom. The van der Waals surface area contributed by atoms with E-state index >= 15 is 0 Å². The topological polar surface area (TPSA) is 99.3 Å². The molecular weight excluding hydrogens is 180 g/mol. The maximum absolute atomic E-state index is 5.29. The van der Waals surface area contributed by atoms with Crippen LogP contribution in [0.5, 0.6) is 5.75 Å². The highest BCUT2D eigenvalue weighted by Gasteiger charge is 2.12. The van der Waals surface area contributed by atoms with Gasteiger partial charge in [0.25, 0.3) is 5.97 Å². The van der Waals surface area contributed by atoms with Crippen molar-refractivity contribution < 1.29 is 4.74 Å². The molecule has 0 spiro atoms. The number of nitrogens with two attached hydrogens (primary N) is 3. The molecule has 0 aliphatic heterocycles. The second-order valence-electron chi connectivity index (χ2n) is 3.13. The lowest BCUT2D eigenvalue weighted by Crippen LogP contribution is -2.62. The number of benzene rings is 1. The van der Waals surface area contributed by atoms with E-state index in [0.717, 1.165) is 12.1 Å². The van der Waals surface area contributed by atoms with Gasteiger partial charge in [-0.25, -0.2) is 0 Å². The van der Waals surface area contributed by atoms with Crippen LogP contribution in [-0.4, -0.2) is 13.0 Å². The zero-order valence-electron chi connectivity index (χ0n) is 8.16. The first kappa shape index (κ1) is 10.9. The van der Waals surface area contributed by atoms with Gasteiger partial charge in [-0.05, 0) is 24.7 Å². The Labute approximate surface area is 83.2 Å². The number of hydrogen-bond donors (Lipinski definition) is 4. The third kappa shape index (κ3) is 3.71. The second-order valence-corrected chi connectivity index (χ2v) is 3.13. The quantitative estimate of drug-likeness (QED) is 0.476. The first-order valence-corrected chi connectivity index (χ1v) is 4.30. The van der Waals surface area contributed by atoms with Crippen molar-refractivity contribution in [3.8, 4) is 5.75 Å². The normalized spacial score (nSPS) is 11.4. The molecule has 7 N–H and O–H groups in total. The minimum absolute atomic E-state index is 0.553. The van der Waals surface area contributed by atoms with E-state index in [4.69, 9.17) is 21.9 Å². The maximum Gasteiger partial charge on any atom is 0.271 e. The summed E-state index contributed by atoms with van der Waals surface area (Å²) in [7, 11) is 1.88. The van der Waals surface area contributed by atoms with E-state index in [-0.39, 0.29) is 0 Å². The first-order chi connectivity index (χ1) is 6.51. The fourth-order valence-corrected chi connectivity index (χ4v) is 1.08. The monoisotopic (exact) mass is 196 g/mol. The minimum atomic E-state index is -1.62. The smallest absolute Gasteiger partial charge is 0.271 e. The predicted molar refractivity (Wildman–Crippen MR) is 55.1 cm³/mol. The zero-order chi connectivity index (χ0) is 10.6. The number of hydrogen-bond acceptors (Lipinski definition) is 5. The average molecular weight is 196 g/mol. The largest absolute Gasteiger partial charge is 0.447 e. The molecule has 1 rings (SSSR count). The van der Waals surface area contributed by atoms with Crippen molar-refractivity contribution in [3.05, 3.63) is 29.8 Å². The molecule has 0 heterocycles. The molecule has 5 heteroatoms. The van der Waals surface area contributed by atoms with Gasteiger partial charge in [-0.3, -0.25) is 17.2 Å². The third-order valence-corrected chi connectivity index (χ3v) is 1.60. The van der Waals surface area contributed by atoms with E-state index in [2.05, 4.69) is 5.32 Å². The van der Waals surface area contributed by atoms with Crippen molar-refractivity contribution in [3.63, 3.8) is 0 Å². The van der Waals surface area contributed by atoms with Gasteiger partial charge in [0.1, 0.15) is 5.75 Å². The second kappa shape index (κ2) is 4.39. The van der Waals surface area contributed by atoms with E-state index < -0.39 is 5.97 Å². The highest BCUT2D eigenvalue weighted by atomic mass is 16.5. The summed E-state index contributed by atoms with van der Waals surface area (Å²) in [6, 6.07) is 7.37. The Balaban J connectivity index is 2.64. The minimum Gasteiger partial charge on any atom is -0.447 e. The van der Waals surface area contributed by atoms with E-state index in [1.54, 1.807) is 12.1 Å². The van der Waals surface area contributed by atoms with E-state index in [1.165, 1.54) is 0 Å². The Morgan fingerprint density at radius 1 is 1.21 bits per heavy atom. The molecule has 0 unspecified atom stereocenters. The molecule has 1 aromatic carbocycles. The number of nitrogens with one attached hydrogen (secondary N) is 1. The van der Waals surface area contributed by atoms with Crippen molar-refractivity contribution in [1.82, 2.24) is 5.32 Å². The standard InChI is InChI=1S/C9H16N4O/c1-13-6-7-2-4-8(5-3-7)14-9(10,11)12/h2-5,13H,6,10-12H2,1H3. The van der Waals surface area contributed by atoms with Crippen LogP contribution in [0.25, 0.3) is 0 Å². The number of ether oxygens (including phenoxy) is 1. The highest BCUT2D eigenvalue weighted by Crippen LogP contribution is 2.13. The molecule has 0 saturated carbocycles. The van der Waals surface area contributed by atoms with Gasteiger partial charge in [-0.15, -0.1) is 0 Å². The van der Waals surface area contributed by atoms with Crippen LogP contribution >= 0.6 is 0 Å². The first-order valence-electron chi connectivity index (χ1n) is 4.30. The molecule has 78 valence electrons. The Hall–Kier alpha value is -1.14. The van der Waals surface area contributed by atoms with E-state index in [9.17, 15) is 0 Å². The third-order valence-electron chi connectivity index (χ3n) is 1.60. The van der Waals surface area contributed by atoms with Gasteiger partial charge in [0.05, 0.1) is 0 Å². The van der Waals surface area contributed by atoms with Crippen molar-refractivity contribution in [1.29, 1.82) is 0 Å². The van der Waals surface area contributed by atoms with Crippen LogP contribution in [-0.2, 0) is 6.54 Å². The molecule has 1 aromatic rings. The summed E-state index contributed by atoms with van der Waals surface area (Å²) in [5.74, 6) is -1.07. The van der Waals surface area contributed by atoms with Gasteiger partial charge in [-0.1, -0.05) is 12.1 Å². The molecule has 0 amide bonds. The van der Waals surface area contributed by atoms with Crippen molar-refractivity contribution >= 4 is 0 Å². The summed E-state index contributed by atoms with van der Waals surface area (Å²) in [6.45, 7) is 0.805. The lowest BCUT2D eigenvalue weighted by atomic mass is 10.2. The van der Waals surface area contributed by atoms with Crippen LogP contribution in [0, 0.1) is 0 Å². The Bertz CT molecular complexity index is 278. The van der Waals surface area contributed by atoms with Gasteiger partial charge in [0, 0.05) is 6.54 Å². The molecular formula is C9H16N4O. The maximum atomic E-state index is 5.29. The van der Waals surface area contributed by atoms with Crippen molar-refractivity contribution in [2.45, 2.75) is 12.5 Å². The molecule has 0 aliphatic rings. The van der Waals surface area contributed by atoms with Gasteiger partial charge in [0.15, 0.2) is 0 Å². The Morgan fingerprint density at radius 3 is 2.21 bits per heavy atom. The molecule has 0 radical (unpaired) electrons. The lowest BCUT2D eigenvalue weighted by molar-refractivity contribution is 0.0902. The van der Waals surface area contributed by atoms with Crippen LogP contribution in [0.1, 0.15) is 5.56 Å². The zero-order valence-corrected chi connectivity index (χ0v) is 8.16. The molecule has 5 nitrogen and oxygen atoms in total. The molecule has 0 aliphatic carbocycles. The average Bonchev–Trinajstić information content (AvgIpc) is 2.06. The van der Waals surface area contributed by atoms with Crippen LogP contribution in [0.3, 0.4) is 0 Å². The summed E-state index contributed by atoms with van der Waals surface area (Å²) in [6.07, 6.45) is 0. The van der Waals surface area contributed by atoms with Crippen LogP contribution < -0.4 is 27.3 Å². The molecule has 0 fully saturated rings. The SMILES string of the molecule is CNCc1ccc(OC(N)(N)N)cc1. The molecule has 0 saturated heterocycles. The summed E-state index contributed by atoms with van der Waals surface area (Å²) in [4.78, 5) is 0. The van der Waals surface area contributed by atoms with Gasteiger partial charge in [-0.2, -0.15) is 0 Å². The van der Waals surface area contributed by atoms with Crippen LogP contribution in [0.2, 0.25) is 0 Å². The highest BCUT2D eigenvalue weighted by molar-refractivity contribution is 5.27.